The number of nitrogens with zero attached hydrogens (tertiary/aromatic N) is 3. The van der Waals surface area contributed by atoms with Gasteiger partial charge in [0.05, 0.1) is 0 Å². The van der Waals surface area contributed by atoms with Crippen molar-refractivity contribution in [3.63, 3.8) is 0 Å². The normalized spacial score (nSPS) is 20.2. The number of piperidine rings is 2. The van der Waals surface area contributed by atoms with Crippen LogP contribution in [-0.2, 0) is 11.3 Å². The van der Waals surface area contributed by atoms with Crippen molar-refractivity contribution in [1.82, 2.24) is 14.8 Å². The Kier molecular flexibility index (Phi) is 6.58. The number of carbonyl (C=O) groups is 1. The van der Waals surface area contributed by atoms with Gasteiger partial charge in [-0.1, -0.05) is 18.2 Å². The van der Waals surface area contributed by atoms with Gasteiger partial charge in [0, 0.05) is 61.9 Å². The summed E-state index contributed by atoms with van der Waals surface area (Å²) < 4.78 is 15.5. The van der Waals surface area contributed by atoms with Gasteiger partial charge < -0.3 is 10.6 Å². The van der Waals surface area contributed by atoms with Crippen molar-refractivity contribution in [3.8, 4) is 0 Å². The number of amides is 1. The first kappa shape index (κ1) is 21.1. The molecule has 3 heterocycles. The van der Waals surface area contributed by atoms with Crippen LogP contribution in [0.25, 0.3) is 0 Å². The van der Waals surface area contributed by atoms with E-state index < -0.39 is 5.67 Å². The number of likely N-dealkylation sites (tertiary alicyclic amines) is 2. The Morgan fingerprint density at radius 2 is 1.83 bits per heavy atom. The molecule has 30 heavy (non-hydrogen) atoms. The Morgan fingerprint density at radius 1 is 1.13 bits per heavy atom. The number of rotatable bonds is 5. The first-order chi connectivity index (χ1) is 14.5. The van der Waals surface area contributed by atoms with Crippen LogP contribution in [0, 0.1) is 0 Å². The quantitative estimate of drug-likeness (QED) is 0.786. The lowest BCUT2D eigenvalue weighted by Crippen LogP contribution is -2.54. The van der Waals surface area contributed by atoms with E-state index in [1.54, 1.807) is 11.1 Å². The topological polar surface area (TPSA) is 62.5 Å². The number of nitrogens with two attached hydrogens (primary N) is 1. The highest BCUT2D eigenvalue weighted by molar-refractivity contribution is 8.00. The molecule has 0 atom stereocenters. The molecule has 0 aliphatic carbocycles. The molecule has 2 aliphatic heterocycles. The highest BCUT2D eigenvalue weighted by Crippen LogP contribution is 2.34. The second-order valence-electron chi connectivity index (χ2n) is 8.25. The highest BCUT2D eigenvalue weighted by Gasteiger charge is 2.44. The number of pyridine rings is 1. The largest absolute Gasteiger partial charge is 0.384 e. The smallest absolute Gasteiger partial charge is 0.260 e. The Balaban J connectivity index is 1.26. The minimum Gasteiger partial charge on any atom is -0.384 e. The molecule has 0 spiro atoms. The summed E-state index contributed by atoms with van der Waals surface area (Å²) in [6, 6.07) is 14.1. The molecule has 4 rings (SSSR count). The van der Waals surface area contributed by atoms with Crippen molar-refractivity contribution in [2.24, 2.45) is 0 Å². The Bertz CT molecular complexity index is 849. The molecule has 7 heteroatoms. The maximum absolute atomic E-state index is 15.5. The van der Waals surface area contributed by atoms with Gasteiger partial charge >= 0.3 is 0 Å². The second-order valence-corrected chi connectivity index (χ2v) is 9.63. The predicted octanol–water partition coefficient (Wildman–Crippen LogP) is 3.75. The van der Waals surface area contributed by atoms with Crippen molar-refractivity contribution in [3.05, 3.63) is 54.2 Å². The molecule has 2 saturated heterocycles. The maximum Gasteiger partial charge on any atom is 0.260 e. The fourth-order valence-corrected chi connectivity index (χ4v) is 5.43. The van der Waals surface area contributed by atoms with Crippen LogP contribution in [0.15, 0.2) is 53.6 Å². The SMILES string of the molecule is Nc1cc(CN2CCC(F)(C(=O)N3CCC(Sc4ccccc4)CC3)CC2)ccn1. The minimum absolute atomic E-state index is 0.255. The summed E-state index contributed by atoms with van der Waals surface area (Å²) in [7, 11) is 0. The first-order valence-electron chi connectivity index (χ1n) is 10.6. The molecule has 5 nitrogen and oxygen atoms in total. The van der Waals surface area contributed by atoms with E-state index in [9.17, 15) is 4.79 Å². The van der Waals surface area contributed by atoms with Crippen LogP contribution in [0.2, 0.25) is 0 Å². The predicted molar refractivity (Wildman–Crippen MR) is 119 cm³/mol. The van der Waals surface area contributed by atoms with E-state index in [0.29, 0.717) is 43.8 Å². The fourth-order valence-electron chi connectivity index (χ4n) is 4.28. The molecule has 2 fully saturated rings. The van der Waals surface area contributed by atoms with Gasteiger partial charge in [0.15, 0.2) is 5.67 Å². The maximum atomic E-state index is 15.5. The third-order valence-electron chi connectivity index (χ3n) is 6.06. The number of halogens is 1. The lowest BCUT2D eigenvalue weighted by molar-refractivity contribution is -0.148. The number of alkyl halides is 1. The zero-order chi connectivity index (χ0) is 21.0. The number of nitrogen functional groups attached to an aromatic ring is 1. The molecule has 160 valence electrons. The van der Waals surface area contributed by atoms with Gasteiger partial charge in [0.1, 0.15) is 5.82 Å². The Labute approximate surface area is 181 Å². The molecule has 0 bridgehead atoms. The standard InChI is InChI=1S/C23H29FN4OS/c24-23(9-14-27(15-10-23)17-18-6-11-26-21(25)16-18)22(29)28-12-7-20(8-13-28)30-19-4-2-1-3-5-19/h1-6,11,16,20H,7-10,12-15,17H2,(H2,25,26). The van der Waals surface area contributed by atoms with E-state index in [2.05, 4.69) is 22.0 Å². The van der Waals surface area contributed by atoms with Crippen LogP contribution >= 0.6 is 11.8 Å². The summed E-state index contributed by atoms with van der Waals surface area (Å²) in [5.41, 5.74) is 5.08. The zero-order valence-electron chi connectivity index (χ0n) is 17.2. The highest BCUT2D eigenvalue weighted by atomic mass is 32.2. The molecule has 0 unspecified atom stereocenters. The van der Waals surface area contributed by atoms with Crippen molar-refractivity contribution in [1.29, 1.82) is 0 Å². The van der Waals surface area contributed by atoms with Gasteiger partial charge in [-0.2, -0.15) is 0 Å². The van der Waals surface area contributed by atoms with Gasteiger partial charge in [-0.15, -0.1) is 11.8 Å². The number of aromatic nitrogens is 1. The lowest BCUT2D eigenvalue weighted by atomic mass is 9.90. The lowest BCUT2D eigenvalue weighted by Gasteiger charge is -2.40. The van der Waals surface area contributed by atoms with Gasteiger partial charge in [-0.05, 0) is 42.7 Å². The summed E-state index contributed by atoms with van der Waals surface area (Å²) in [4.78, 5) is 22.1. The molecular weight excluding hydrogens is 399 g/mol. The van der Waals surface area contributed by atoms with Crippen molar-refractivity contribution >= 4 is 23.5 Å². The molecule has 0 radical (unpaired) electrons. The van der Waals surface area contributed by atoms with Crippen LogP contribution in [0.3, 0.4) is 0 Å². The van der Waals surface area contributed by atoms with Gasteiger partial charge in [-0.3, -0.25) is 9.69 Å². The van der Waals surface area contributed by atoms with Gasteiger partial charge in [-0.25, -0.2) is 9.37 Å². The average Bonchev–Trinajstić information content (AvgIpc) is 2.76. The summed E-state index contributed by atoms with van der Waals surface area (Å²) >= 11 is 1.86. The van der Waals surface area contributed by atoms with Crippen molar-refractivity contribution in [2.75, 3.05) is 31.9 Å². The summed E-state index contributed by atoms with van der Waals surface area (Å²) in [5.74, 6) is 0.187. The molecule has 2 aromatic rings. The molecule has 2 aliphatic rings. The Hall–Kier alpha value is -2.12. The van der Waals surface area contributed by atoms with E-state index in [1.165, 1.54) is 4.90 Å². The van der Waals surface area contributed by atoms with Crippen molar-refractivity contribution < 1.29 is 9.18 Å². The molecule has 2 N–H and O–H groups in total. The van der Waals surface area contributed by atoms with E-state index in [-0.39, 0.29) is 18.7 Å². The first-order valence-corrected chi connectivity index (χ1v) is 11.5. The van der Waals surface area contributed by atoms with Gasteiger partial charge in [0.2, 0.25) is 0 Å². The van der Waals surface area contributed by atoms with Crippen LogP contribution in [0.4, 0.5) is 10.2 Å². The fraction of sp³-hybridized carbons (Fsp3) is 0.478. The van der Waals surface area contributed by atoms with E-state index in [4.69, 9.17) is 5.73 Å². The average molecular weight is 429 g/mol. The number of anilines is 1. The molecule has 0 saturated carbocycles. The van der Waals surface area contributed by atoms with E-state index in [0.717, 1.165) is 18.4 Å². The summed E-state index contributed by atoms with van der Waals surface area (Å²) in [6.07, 6.45) is 4.03. The monoisotopic (exact) mass is 428 g/mol. The van der Waals surface area contributed by atoms with Gasteiger partial charge in [0.25, 0.3) is 5.91 Å². The molecule has 1 amide bonds. The summed E-state index contributed by atoms with van der Waals surface area (Å²) in [5, 5.41) is 0.488. The van der Waals surface area contributed by atoms with E-state index >= 15 is 4.39 Å². The minimum atomic E-state index is -1.73. The molecule has 1 aromatic carbocycles. The Morgan fingerprint density at radius 3 is 2.50 bits per heavy atom. The van der Waals surface area contributed by atoms with Crippen LogP contribution in [0.1, 0.15) is 31.2 Å². The molecular formula is C23H29FN4OS. The number of thioether (sulfide) groups is 1. The van der Waals surface area contributed by atoms with Crippen molar-refractivity contribution in [2.45, 2.75) is 48.0 Å². The van der Waals surface area contributed by atoms with E-state index in [1.807, 2.05) is 42.1 Å². The second kappa shape index (κ2) is 9.35. The summed E-state index contributed by atoms with van der Waals surface area (Å²) in [6.45, 7) is 3.15. The van der Waals surface area contributed by atoms with Crippen LogP contribution in [0.5, 0.6) is 0 Å². The third-order valence-corrected chi connectivity index (χ3v) is 7.41. The number of hydrogen-bond acceptors (Lipinski definition) is 5. The number of carbonyl (C=O) groups excluding carboxylic acids is 1. The zero-order valence-corrected chi connectivity index (χ0v) is 18.0. The van der Waals surface area contributed by atoms with Crippen LogP contribution in [-0.4, -0.2) is 57.8 Å². The number of hydrogen-bond donors (Lipinski definition) is 1. The third kappa shape index (κ3) is 5.13. The number of benzene rings is 1. The van der Waals surface area contributed by atoms with Crippen LogP contribution < -0.4 is 5.73 Å². The molecule has 1 aromatic heterocycles.